The second kappa shape index (κ2) is 9.83. The van der Waals surface area contributed by atoms with E-state index in [1.165, 1.54) is 32.3 Å². The van der Waals surface area contributed by atoms with E-state index in [0.29, 0.717) is 5.56 Å². The highest BCUT2D eigenvalue weighted by atomic mass is 32.2. The number of carbonyl (C=O) groups is 1. The molecule has 0 aliphatic rings. The van der Waals surface area contributed by atoms with Gasteiger partial charge in [0.05, 0.1) is 17.4 Å². The van der Waals surface area contributed by atoms with E-state index in [4.69, 9.17) is 5.26 Å². The lowest BCUT2D eigenvalue weighted by atomic mass is 9.90. The Morgan fingerprint density at radius 3 is 2.39 bits per heavy atom. The number of halogens is 1. The van der Waals surface area contributed by atoms with Gasteiger partial charge in [0, 0.05) is 5.56 Å². The Hall–Kier alpha value is -3.06. The molecule has 2 rings (SSSR count). The normalized spacial score (nSPS) is 13.2. The van der Waals surface area contributed by atoms with E-state index in [-0.39, 0.29) is 37.9 Å². The van der Waals surface area contributed by atoms with Gasteiger partial charge in [-0.15, -0.1) is 15.7 Å². The number of aliphatic hydroxyl groups is 1. The number of hydrogen-bond acceptors (Lipinski definition) is 7. The lowest BCUT2D eigenvalue weighted by Gasteiger charge is -2.21. The van der Waals surface area contributed by atoms with Gasteiger partial charge < -0.3 is 10.4 Å². The number of rotatable bonds is 6. The van der Waals surface area contributed by atoms with Crippen LogP contribution in [0.2, 0.25) is 0 Å². The van der Waals surface area contributed by atoms with Gasteiger partial charge in [-0.1, -0.05) is 27.7 Å². The fraction of sp³-hybridized carbons (Fsp3) is 0.429. The summed E-state index contributed by atoms with van der Waals surface area (Å²) >= 11 is 0.839. The maximum absolute atomic E-state index is 15.0. The minimum atomic E-state index is -3.77. The summed E-state index contributed by atoms with van der Waals surface area (Å²) in [6, 6.07) is 2.12. The van der Waals surface area contributed by atoms with Crippen molar-refractivity contribution in [3.63, 3.8) is 0 Å². The number of urea groups is 1. The summed E-state index contributed by atoms with van der Waals surface area (Å²) < 4.78 is 34.0. The summed E-state index contributed by atoms with van der Waals surface area (Å²) in [6.45, 7) is 10.0. The molecule has 0 aliphatic heterocycles. The molecule has 0 fully saturated rings. The molecule has 12 heteroatoms. The van der Waals surface area contributed by atoms with Crippen LogP contribution in [0.3, 0.4) is 0 Å². The lowest BCUT2D eigenvalue weighted by Crippen LogP contribution is -2.22. The maximum Gasteiger partial charge on any atom is 0.355 e. The molecule has 33 heavy (non-hydrogen) atoms. The van der Waals surface area contributed by atoms with Gasteiger partial charge in [-0.3, -0.25) is 0 Å². The minimum Gasteiger partial charge on any atom is -0.383 e. The van der Waals surface area contributed by atoms with Crippen LogP contribution in [0.25, 0.3) is 0 Å². The summed E-state index contributed by atoms with van der Waals surface area (Å²) in [4.78, 5) is 16.8. The van der Waals surface area contributed by atoms with E-state index in [1.807, 2.05) is 24.6 Å². The van der Waals surface area contributed by atoms with Crippen LogP contribution in [0.4, 0.5) is 14.9 Å². The third-order valence-corrected chi connectivity index (χ3v) is 8.03. The number of nitrogens with one attached hydrogen (secondary N) is 2. The molecule has 2 aromatic rings. The number of carbonyl (C=O) groups excluding carboxylic acids is 1. The minimum absolute atomic E-state index is 0.0319. The van der Waals surface area contributed by atoms with E-state index in [0.717, 1.165) is 11.3 Å². The molecule has 0 radical (unpaired) electrons. The molecule has 1 atom stereocenters. The second-order valence-electron chi connectivity index (χ2n) is 8.34. The fourth-order valence-electron chi connectivity index (χ4n) is 3.02. The molecule has 0 spiro atoms. The first-order chi connectivity index (χ1) is 15.2. The van der Waals surface area contributed by atoms with Crippen LogP contribution in [0.5, 0.6) is 0 Å². The first-order valence-electron chi connectivity index (χ1n) is 9.94. The Morgan fingerprint density at radius 2 is 1.94 bits per heavy atom. The lowest BCUT2D eigenvalue weighted by molar-refractivity contribution is 0.0783. The molecular formula is C21H25FN6O3S2. The summed E-state index contributed by atoms with van der Waals surface area (Å²) in [7, 11) is -3.77. The summed E-state index contributed by atoms with van der Waals surface area (Å²) in [6.07, 6.45) is 2.70. The monoisotopic (exact) mass is 492 g/mol. The number of nitriles is 2. The van der Waals surface area contributed by atoms with Gasteiger partial charge in [0.25, 0.3) is 0 Å². The van der Waals surface area contributed by atoms with Gasteiger partial charge in [0.15, 0.2) is 16.1 Å². The summed E-state index contributed by atoms with van der Waals surface area (Å²) in [5.41, 5.74) is -0.678. The Kier molecular flexibility index (Phi) is 7.80. The van der Waals surface area contributed by atoms with Crippen LogP contribution in [0.1, 0.15) is 75.1 Å². The van der Waals surface area contributed by atoms with Gasteiger partial charge in [0.2, 0.25) is 0 Å². The summed E-state index contributed by atoms with van der Waals surface area (Å²) in [5, 5.41) is 31.2. The largest absolute Gasteiger partial charge is 0.383 e. The SMILES string of the molecule is CC(C)c1cc(C#N)c(F)c(C(C)C)c1NC(=O)N=[S@@](=O)(NC#N)c1cnc(C(C)(C)O)s1. The Labute approximate surface area is 196 Å². The third kappa shape index (κ3) is 5.66. The molecule has 9 nitrogen and oxygen atoms in total. The van der Waals surface area contributed by atoms with Crippen LogP contribution >= 0.6 is 11.3 Å². The van der Waals surface area contributed by atoms with E-state index < -0.39 is 27.4 Å². The fourth-order valence-corrected chi connectivity index (χ4v) is 5.43. The molecular weight excluding hydrogens is 467 g/mol. The Balaban J connectivity index is 2.63. The van der Waals surface area contributed by atoms with Gasteiger partial charge in [-0.25, -0.2) is 23.1 Å². The van der Waals surface area contributed by atoms with Gasteiger partial charge in [-0.05, 0) is 37.3 Å². The van der Waals surface area contributed by atoms with E-state index in [9.17, 15) is 23.8 Å². The number of aromatic nitrogens is 1. The Bertz CT molecular complexity index is 1270. The zero-order chi connectivity index (χ0) is 25.1. The average molecular weight is 493 g/mol. The summed E-state index contributed by atoms with van der Waals surface area (Å²) in [5.74, 6) is -1.31. The van der Waals surface area contributed by atoms with Gasteiger partial charge in [0.1, 0.15) is 26.7 Å². The predicted octanol–water partition coefficient (Wildman–Crippen LogP) is 4.67. The molecule has 1 heterocycles. The van der Waals surface area contributed by atoms with Crippen molar-refractivity contribution < 1.29 is 18.5 Å². The molecule has 0 aliphatic carbocycles. The first-order valence-corrected chi connectivity index (χ1v) is 12.3. The second-order valence-corrected chi connectivity index (χ2v) is 11.5. The van der Waals surface area contributed by atoms with Crippen molar-refractivity contribution in [2.45, 2.75) is 63.2 Å². The van der Waals surface area contributed by atoms with Crippen LogP contribution in [-0.2, 0) is 15.5 Å². The maximum atomic E-state index is 15.0. The zero-order valence-electron chi connectivity index (χ0n) is 19.1. The number of nitrogens with zero attached hydrogens (tertiary/aromatic N) is 4. The van der Waals surface area contributed by atoms with Crippen LogP contribution in [-0.4, -0.2) is 20.3 Å². The number of anilines is 1. The molecule has 3 N–H and O–H groups in total. The van der Waals surface area contributed by atoms with Gasteiger partial charge >= 0.3 is 6.03 Å². The van der Waals surface area contributed by atoms with Gasteiger partial charge in [-0.2, -0.15) is 10.5 Å². The van der Waals surface area contributed by atoms with Crippen LogP contribution in [0, 0.1) is 28.6 Å². The molecule has 0 saturated carbocycles. The van der Waals surface area contributed by atoms with Crippen LogP contribution < -0.4 is 10.0 Å². The molecule has 1 aromatic carbocycles. The van der Waals surface area contributed by atoms with Crippen molar-refractivity contribution in [3.8, 4) is 12.3 Å². The smallest absolute Gasteiger partial charge is 0.355 e. The zero-order valence-corrected chi connectivity index (χ0v) is 20.7. The first kappa shape index (κ1) is 26.2. The molecule has 0 bridgehead atoms. The average Bonchev–Trinajstić information content (AvgIpc) is 3.19. The quantitative estimate of drug-likeness (QED) is 0.393. The highest BCUT2D eigenvalue weighted by Crippen LogP contribution is 2.36. The number of thiazole rings is 1. The third-order valence-electron chi connectivity index (χ3n) is 4.56. The van der Waals surface area contributed by atoms with Crippen molar-refractivity contribution in [3.05, 3.63) is 39.8 Å². The van der Waals surface area contributed by atoms with E-state index in [1.54, 1.807) is 13.8 Å². The highest BCUT2D eigenvalue weighted by Gasteiger charge is 2.27. The highest BCUT2D eigenvalue weighted by molar-refractivity contribution is 7.94. The van der Waals surface area contributed by atoms with Crippen molar-refractivity contribution >= 4 is 33.0 Å². The molecule has 176 valence electrons. The van der Waals surface area contributed by atoms with E-state index >= 15 is 0 Å². The topological polar surface area (TPSA) is 151 Å². The van der Waals surface area contributed by atoms with Crippen molar-refractivity contribution in [1.29, 1.82) is 10.5 Å². The van der Waals surface area contributed by atoms with Crippen molar-refractivity contribution in [1.82, 2.24) is 9.71 Å². The predicted molar refractivity (Wildman–Crippen MR) is 123 cm³/mol. The number of hydrogen-bond donors (Lipinski definition) is 3. The van der Waals surface area contributed by atoms with Crippen molar-refractivity contribution in [2.24, 2.45) is 4.36 Å². The number of benzene rings is 1. The molecule has 1 aromatic heterocycles. The van der Waals surface area contributed by atoms with E-state index in [2.05, 4.69) is 14.7 Å². The molecule has 0 saturated heterocycles. The van der Waals surface area contributed by atoms with Crippen molar-refractivity contribution in [2.75, 3.05) is 5.32 Å². The molecule has 0 unspecified atom stereocenters. The number of amides is 2. The standard InChI is InChI=1S/C21H25FN6O3S2/c1-11(2)14-7-13(8-23)17(22)16(12(3)4)18(14)27-20(29)28-33(31,26-10-24)15-9-25-19(32-15)21(5,6)30/h7,9,11-12,30H,1-6H3,(H2,26,27,28,29,31)/t33-/m0/s1. The van der Waals surface area contributed by atoms with Crippen LogP contribution in [0.15, 0.2) is 20.8 Å². The molecule has 2 amide bonds. The Morgan fingerprint density at radius 1 is 1.30 bits per heavy atom.